The van der Waals surface area contributed by atoms with Crippen molar-refractivity contribution < 1.29 is 9.53 Å². The number of ether oxygens (including phenoxy) is 1. The summed E-state index contributed by atoms with van der Waals surface area (Å²) in [5.41, 5.74) is 5.10. The van der Waals surface area contributed by atoms with Crippen LogP contribution in [0.1, 0.15) is 47.6 Å². The number of hydrogen-bond donors (Lipinski definition) is 1. The lowest BCUT2D eigenvalue weighted by molar-refractivity contribution is -0.121. The fourth-order valence-corrected chi connectivity index (χ4v) is 3.82. The molecule has 4 rings (SSSR count). The molecular weight excluding hydrogens is 298 g/mol. The van der Waals surface area contributed by atoms with Gasteiger partial charge in [-0.05, 0) is 48.4 Å². The van der Waals surface area contributed by atoms with E-state index in [1.54, 1.807) is 0 Å². The van der Waals surface area contributed by atoms with Crippen molar-refractivity contribution in [2.75, 3.05) is 6.61 Å². The zero-order valence-corrected chi connectivity index (χ0v) is 13.9. The quantitative estimate of drug-likeness (QED) is 0.935. The van der Waals surface area contributed by atoms with Gasteiger partial charge in [-0.1, -0.05) is 36.4 Å². The van der Waals surface area contributed by atoms with Gasteiger partial charge in [-0.2, -0.15) is 0 Å². The lowest BCUT2D eigenvalue weighted by atomic mass is 9.90. The average molecular weight is 321 g/mol. The monoisotopic (exact) mass is 321 g/mol. The molecule has 1 heterocycles. The second-order valence-corrected chi connectivity index (χ2v) is 6.78. The van der Waals surface area contributed by atoms with Crippen LogP contribution in [0.15, 0.2) is 42.5 Å². The second-order valence-electron chi connectivity index (χ2n) is 6.78. The largest absolute Gasteiger partial charge is 0.493 e. The summed E-state index contributed by atoms with van der Waals surface area (Å²) in [6.07, 6.45) is 6.16. The third-order valence-corrected chi connectivity index (χ3v) is 5.07. The molecule has 2 aliphatic rings. The van der Waals surface area contributed by atoms with Gasteiger partial charge in [0.25, 0.3) is 0 Å². The summed E-state index contributed by atoms with van der Waals surface area (Å²) in [6, 6.07) is 14.6. The summed E-state index contributed by atoms with van der Waals surface area (Å²) in [5, 5.41) is 3.18. The summed E-state index contributed by atoms with van der Waals surface area (Å²) >= 11 is 0. The van der Waals surface area contributed by atoms with Crippen LogP contribution in [0.25, 0.3) is 0 Å². The van der Waals surface area contributed by atoms with E-state index in [4.69, 9.17) is 4.74 Å². The molecule has 0 aromatic heterocycles. The smallest absolute Gasteiger partial charge is 0.224 e. The number of amides is 1. The zero-order chi connectivity index (χ0) is 16.4. The number of benzene rings is 2. The van der Waals surface area contributed by atoms with E-state index in [0.29, 0.717) is 13.0 Å². The van der Waals surface area contributed by atoms with Crippen molar-refractivity contribution in [3.63, 3.8) is 0 Å². The molecule has 0 spiro atoms. The molecule has 1 atom stereocenters. The lowest BCUT2D eigenvalue weighted by Gasteiger charge is -2.26. The molecule has 124 valence electrons. The lowest BCUT2D eigenvalue weighted by Crippen LogP contribution is -2.33. The van der Waals surface area contributed by atoms with Gasteiger partial charge in [-0.15, -0.1) is 0 Å². The molecule has 2 aromatic carbocycles. The molecule has 3 heteroatoms. The minimum Gasteiger partial charge on any atom is -0.493 e. The van der Waals surface area contributed by atoms with E-state index in [0.717, 1.165) is 29.7 Å². The van der Waals surface area contributed by atoms with Gasteiger partial charge in [-0.3, -0.25) is 4.79 Å². The number of hydrogen-bond acceptors (Lipinski definition) is 2. The number of carbonyl (C=O) groups is 1. The minimum absolute atomic E-state index is 0.0556. The van der Waals surface area contributed by atoms with Gasteiger partial charge in [0.05, 0.1) is 19.1 Å². The van der Waals surface area contributed by atoms with E-state index in [1.807, 2.05) is 24.3 Å². The second kappa shape index (κ2) is 6.68. The van der Waals surface area contributed by atoms with Crippen molar-refractivity contribution in [1.29, 1.82) is 0 Å². The molecule has 0 bridgehead atoms. The van der Waals surface area contributed by atoms with Crippen molar-refractivity contribution in [2.45, 2.75) is 44.6 Å². The van der Waals surface area contributed by atoms with Crippen LogP contribution in [0.3, 0.4) is 0 Å². The maximum atomic E-state index is 12.5. The molecular formula is C21H23NO2. The van der Waals surface area contributed by atoms with E-state index >= 15 is 0 Å². The number of carbonyl (C=O) groups excluding carboxylic acids is 1. The summed E-state index contributed by atoms with van der Waals surface area (Å²) in [4.78, 5) is 12.5. The van der Waals surface area contributed by atoms with E-state index in [2.05, 4.69) is 23.5 Å². The van der Waals surface area contributed by atoms with E-state index in [-0.39, 0.29) is 11.9 Å². The first-order valence-electron chi connectivity index (χ1n) is 8.91. The molecule has 0 fully saturated rings. The van der Waals surface area contributed by atoms with Crippen molar-refractivity contribution in [2.24, 2.45) is 0 Å². The van der Waals surface area contributed by atoms with Crippen LogP contribution in [0.4, 0.5) is 0 Å². The molecule has 0 unspecified atom stereocenters. The highest BCUT2D eigenvalue weighted by atomic mass is 16.5. The Bertz CT molecular complexity index is 753. The Hall–Kier alpha value is -2.29. The van der Waals surface area contributed by atoms with Gasteiger partial charge in [0.15, 0.2) is 0 Å². The first-order valence-corrected chi connectivity index (χ1v) is 8.91. The molecule has 1 aliphatic carbocycles. The highest BCUT2D eigenvalue weighted by Gasteiger charge is 2.22. The summed E-state index contributed by atoms with van der Waals surface area (Å²) in [7, 11) is 0. The average Bonchev–Trinajstić information content (AvgIpc) is 2.62. The third-order valence-electron chi connectivity index (χ3n) is 5.07. The van der Waals surface area contributed by atoms with Crippen LogP contribution in [0, 0.1) is 0 Å². The predicted molar refractivity (Wildman–Crippen MR) is 94.2 cm³/mol. The van der Waals surface area contributed by atoms with Gasteiger partial charge < -0.3 is 10.1 Å². The molecule has 24 heavy (non-hydrogen) atoms. The van der Waals surface area contributed by atoms with Crippen LogP contribution in [-0.2, 0) is 24.1 Å². The normalized spacial score (nSPS) is 18.9. The topological polar surface area (TPSA) is 38.3 Å². The Labute approximate surface area is 143 Å². The molecule has 1 aliphatic heterocycles. The van der Waals surface area contributed by atoms with Gasteiger partial charge in [-0.25, -0.2) is 0 Å². The van der Waals surface area contributed by atoms with Gasteiger partial charge >= 0.3 is 0 Å². The first-order chi connectivity index (χ1) is 11.8. The van der Waals surface area contributed by atoms with Gasteiger partial charge in [0.2, 0.25) is 5.91 Å². The molecule has 0 saturated heterocycles. The zero-order valence-electron chi connectivity index (χ0n) is 13.9. The van der Waals surface area contributed by atoms with Crippen LogP contribution >= 0.6 is 0 Å². The van der Waals surface area contributed by atoms with E-state index in [1.165, 1.54) is 30.4 Å². The van der Waals surface area contributed by atoms with Crippen molar-refractivity contribution in [3.8, 4) is 5.75 Å². The molecule has 3 nitrogen and oxygen atoms in total. The minimum atomic E-state index is 0.0556. The highest BCUT2D eigenvalue weighted by Crippen LogP contribution is 2.31. The van der Waals surface area contributed by atoms with Gasteiger partial charge in [0, 0.05) is 12.0 Å². The molecule has 0 radical (unpaired) electrons. The Morgan fingerprint density at radius 3 is 2.83 bits per heavy atom. The third kappa shape index (κ3) is 3.16. The SMILES string of the molecule is O=C(Cc1ccc2c(c1)CCCC2)N[C@H]1CCOc2ccccc21. The number of aryl methyl sites for hydroxylation is 2. The molecule has 1 N–H and O–H groups in total. The summed E-state index contributed by atoms with van der Waals surface area (Å²) < 4.78 is 5.66. The maximum absolute atomic E-state index is 12.5. The number of para-hydroxylation sites is 1. The Morgan fingerprint density at radius 2 is 1.92 bits per heavy atom. The fraction of sp³-hybridized carbons (Fsp3) is 0.381. The molecule has 1 amide bonds. The van der Waals surface area contributed by atoms with Crippen LogP contribution in [-0.4, -0.2) is 12.5 Å². The fourth-order valence-electron chi connectivity index (χ4n) is 3.82. The van der Waals surface area contributed by atoms with Crippen molar-refractivity contribution >= 4 is 5.91 Å². The summed E-state index contributed by atoms with van der Waals surface area (Å²) in [5.74, 6) is 0.982. The van der Waals surface area contributed by atoms with E-state index < -0.39 is 0 Å². The number of nitrogens with one attached hydrogen (secondary N) is 1. The maximum Gasteiger partial charge on any atom is 0.224 e. The molecule has 2 aromatic rings. The number of rotatable bonds is 3. The van der Waals surface area contributed by atoms with Crippen LogP contribution in [0.5, 0.6) is 5.75 Å². The Kier molecular flexibility index (Phi) is 4.24. The van der Waals surface area contributed by atoms with E-state index in [9.17, 15) is 4.79 Å². The summed E-state index contributed by atoms with van der Waals surface area (Å²) in [6.45, 7) is 0.654. The van der Waals surface area contributed by atoms with Crippen molar-refractivity contribution in [3.05, 3.63) is 64.7 Å². The van der Waals surface area contributed by atoms with Crippen molar-refractivity contribution in [1.82, 2.24) is 5.32 Å². The number of fused-ring (bicyclic) bond motifs is 2. The Morgan fingerprint density at radius 1 is 1.08 bits per heavy atom. The standard InChI is InChI=1S/C21H23NO2/c23-21(14-15-9-10-16-5-1-2-6-17(16)13-15)22-19-11-12-24-20-8-4-3-7-18(19)20/h3-4,7-10,13,19H,1-2,5-6,11-12,14H2,(H,22,23)/t19-/m0/s1. The Balaban J connectivity index is 1.44. The van der Waals surface area contributed by atoms with Crippen LogP contribution < -0.4 is 10.1 Å². The molecule has 0 saturated carbocycles. The van der Waals surface area contributed by atoms with Crippen LogP contribution in [0.2, 0.25) is 0 Å². The predicted octanol–water partition coefficient (Wildman–Crippen LogP) is 3.75. The van der Waals surface area contributed by atoms with Gasteiger partial charge in [0.1, 0.15) is 5.75 Å². The first kappa shape index (κ1) is 15.3. The highest BCUT2D eigenvalue weighted by molar-refractivity contribution is 5.79.